The molecule has 0 spiro atoms. The van der Waals surface area contributed by atoms with E-state index in [2.05, 4.69) is 27.1 Å². The topological polar surface area (TPSA) is 96.5 Å². The number of benzene rings is 2. The molecule has 184 valence electrons. The Morgan fingerprint density at radius 2 is 1.97 bits per heavy atom. The predicted molar refractivity (Wildman–Crippen MR) is 139 cm³/mol. The Balaban J connectivity index is 1.59. The Morgan fingerprint density at radius 3 is 2.75 bits per heavy atom. The zero-order valence-electron chi connectivity index (χ0n) is 20.5. The van der Waals surface area contributed by atoms with Crippen molar-refractivity contribution >= 4 is 16.8 Å². The maximum absolute atomic E-state index is 13.3. The molecule has 7 nitrogen and oxygen atoms in total. The average Bonchev–Trinajstić information content (AvgIpc) is 3.30. The number of hydrogen-bond acceptors (Lipinski definition) is 5. The van der Waals surface area contributed by atoms with Gasteiger partial charge in [-0.2, -0.15) is 0 Å². The highest BCUT2D eigenvalue weighted by Crippen LogP contribution is 2.23. The highest BCUT2D eigenvalue weighted by molar-refractivity contribution is 5.97. The summed E-state index contributed by atoms with van der Waals surface area (Å²) in [5.74, 6) is 7.02. The lowest BCUT2D eigenvalue weighted by atomic mass is 10.0. The fraction of sp³-hybridized carbons (Fsp3) is 0.241. The third kappa shape index (κ3) is 5.85. The Morgan fingerprint density at radius 1 is 1.14 bits per heavy atom. The lowest BCUT2D eigenvalue weighted by Crippen LogP contribution is -2.39. The van der Waals surface area contributed by atoms with Crippen LogP contribution in [0.15, 0.2) is 67.1 Å². The van der Waals surface area contributed by atoms with Gasteiger partial charge < -0.3 is 24.9 Å². The molecule has 0 saturated carbocycles. The number of aliphatic hydroxyl groups is 1. The Labute approximate surface area is 210 Å². The minimum absolute atomic E-state index is 0.115. The highest BCUT2D eigenvalue weighted by Gasteiger charge is 2.19. The van der Waals surface area contributed by atoms with Gasteiger partial charge in [-0.25, -0.2) is 0 Å². The summed E-state index contributed by atoms with van der Waals surface area (Å²) >= 11 is 0. The summed E-state index contributed by atoms with van der Waals surface area (Å²) in [7, 11) is 1.60. The van der Waals surface area contributed by atoms with Crippen molar-refractivity contribution in [2.75, 3.05) is 13.7 Å². The molecule has 7 heteroatoms. The largest absolute Gasteiger partial charge is 0.495 e. The maximum Gasteiger partial charge on any atom is 0.255 e. The molecule has 0 aliphatic rings. The lowest BCUT2D eigenvalue weighted by Gasteiger charge is -2.19. The van der Waals surface area contributed by atoms with Gasteiger partial charge in [-0.15, -0.1) is 0 Å². The number of carbonyl (C=O) groups excluding carboxylic acids is 1. The van der Waals surface area contributed by atoms with E-state index in [1.165, 1.54) is 0 Å². The first-order valence-corrected chi connectivity index (χ1v) is 11.8. The normalized spacial score (nSPS) is 11.6. The number of pyridine rings is 1. The van der Waals surface area contributed by atoms with Crippen LogP contribution in [-0.2, 0) is 6.42 Å². The van der Waals surface area contributed by atoms with E-state index in [9.17, 15) is 9.90 Å². The molecule has 0 fully saturated rings. The van der Waals surface area contributed by atoms with Crippen LogP contribution in [0.25, 0.3) is 10.9 Å². The minimum atomic E-state index is -0.486. The SMILES string of the molecule is COc1ccccc1C#Cc1ccc(OC(C)C)c(C(=O)NC(CO)Cc2c[nH]c3cnccc23)c1. The quantitative estimate of drug-likeness (QED) is 0.328. The van der Waals surface area contributed by atoms with Gasteiger partial charge in [0.25, 0.3) is 5.91 Å². The number of nitrogens with zero attached hydrogens (tertiary/aromatic N) is 1. The molecule has 1 atom stereocenters. The average molecular weight is 484 g/mol. The second-order valence-corrected chi connectivity index (χ2v) is 8.62. The number of methoxy groups -OCH3 is 1. The minimum Gasteiger partial charge on any atom is -0.495 e. The molecule has 0 aliphatic carbocycles. The van der Waals surface area contributed by atoms with E-state index in [-0.39, 0.29) is 18.6 Å². The van der Waals surface area contributed by atoms with Gasteiger partial charge in [-0.1, -0.05) is 24.0 Å². The highest BCUT2D eigenvalue weighted by atomic mass is 16.5. The van der Waals surface area contributed by atoms with Crippen molar-refractivity contribution in [1.29, 1.82) is 0 Å². The summed E-state index contributed by atoms with van der Waals surface area (Å²) in [5.41, 5.74) is 3.66. The number of amides is 1. The summed E-state index contributed by atoms with van der Waals surface area (Å²) in [5, 5.41) is 14.0. The fourth-order valence-electron chi connectivity index (χ4n) is 3.92. The van der Waals surface area contributed by atoms with Gasteiger partial charge in [0, 0.05) is 23.3 Å². The van der Waals surface area contributed by atoms with Crippen LogP contribution in [-0.4, -0.2) is 46.8 Å². The van der Waals surface area contributed by atoms with E-state index in [0.717, 1.165) is 22.0 Å². The molecule has 0 saturated heterocycles. The molecule has 0 radical (unpaired) electrons. The van der Waals surface area contributed by atoms with Gasteiger partial charge >= 0.3 is 0 Å². The van der Waals surface area contributed by atoms with E-state index in [0.29, 0.717) is 29.0 Å². The third-order valence-corrected chi connectivity index (χ3v) is 5.63. The van der Waals surface area contributed by atoms with Crippen LogP contribution in [0.1, 0.15) is 40.9 Å². The lowest BCUT2D eigenvalue weighted by molar-refractivity contribution is 0.0910. The van der Waals surface area contributed by atoms with Crippen molar-refractivity contribution in [1.82, 2.24) is 15.3 Å². The van der Waals surface area contributed by atoms with Gasteiger partial charge in [-0.3, -0.25) is 9.78 Å². The summed E-state index contributed by atoms with van der Waals surface area (Å²) in [6.07, 6.45) is 5.69. The standard InChI is InChI=1S/C29H29N3O4/c1-19(2)36-28-11-9-20(8-10-21-6-4-5-7-27(21)35-3)14-25(28)29(34)32-23(18-33)15-22-16-31-26-17-30-13-12-24(22)26/h4-7,9,11-14,16-17,19,23,31,33H,15,18H2,1-3H3,(H,32,34). The molecular formula is C29H29N3O4. The Hall–Kier alpha value is -4.28. The number of carbonyl (C=O) groups is 1. The number of para-hydroxylation sites is 1. The molecule has 0 bridgehead atoms. The molecule has 4 aromatic rings. The number of hydrogen-bond donors (Lipinski definition) is 3. The molecule has 1 amide bonds. The Bertz CT molecular complexity index is 1410. The van der Waals surface area contributed by atoms with E-state index >= 15 is 0 Å². The van der Waals surface area contributed by atoms with Gasteiger partial charge in [0.1, 0.15) is 11.5 Å². The van der Waals surface area contributed by atoms with Gasteiger partial charge in [0.2, 0.25) is 0 Å². The molecule has 0 aliphatic heterocycles. The zero-order chi connectivity index (χ0) is 25.5. The number of fused-ring (bicyclic) bond motifs is 1. The summed E-state index contributed by atoms with van der Waals surface area (Å²) in [6.45, 7) is 3.59. The first-order chi connectivity index (χ1) is 17.5. The van der Waals surface area contributed by atoms with E-state index in [4.69, 9.17) is 9.47 Å². The molecule has 1 unspecified atom stereocenters. The number of rotatable bonds is 8. The molecule has 2 heterocycles. The number of ether oxygens (including phenoxy) is 2. The van der Waals surface area contributed by atoms with Crippen LogP contribution in [0.5, 0.6) is 11.5 Å². The van der Waals surface area contributed by atoms with E-state index < -0.39 is 6.04 Å². The molecule has 4 rings (SSSR count). The van der Waals surface area contributed by atoms with E-state index in [1.54, 1.807) is 31.6 Å². The van der Waals surface area contributed by atoms with Crippen LogP contribution in [0.4, 0.5) is 0 Å². The van der Waals surface area contributed by atoms with Crippen molar-refractivity contribution in [2.45, 2.75) is 32.4 Å². The summed E-state index contributed by atoms with van der Waals surface area (Å²) < 4.78 is 11.3. The first kappa shape index (κ1) is 24.8. The fourth-order valence-corrected chi connectivity index (χ4v) is 3.92. The van der Waals surface area contributed by atoms with Crippen LogP contribution in [0.3, 0.4) is 0 Å². The van der Waals surface area contributed by atoms with Gasteiger partial charge in [0.05, 0.1) is 48.7 Å². The zero-order valence-corrected chi connectivity index (χ0v) is 20.5. The van der Waals surface area contributed by atoms with Crippen molar-refractivity contribution < 1.29 is 19.4 Å². The van der Waals surface area contributed by atoms with E-state index in [1.807, 2.05) is 56.4 Å². The maximum atomic E-state index is 13.3. The monoisotopic (exact) mass is 483 g/mol. The van der Waals surface area contributed by atoms with Crippen LogP contribution < -0.4 is 14.8 Å². The predicted octanol–water partition coefficient (Wildman–Crippen LogP) is 4.09. The van der Waals surface area contributed by atoms with Gasteiger partial charge in [-0.05, 0) is 62.2 Å². The first-order valence-electron chi connectivity index (χ1n) is 11.8. The molecule has 36 heavy (non-hydrogen) atoms. The number of aromatic amines is 1. The number of H-pyrrole nitrogens is 1. The van der Waals surface area contributed by atoms with Crippen molar-refractivity contribution in [3.05, 3.63) is 89.4 Å². The summed E-state index contributed by atoms with van der Waals surface area (Å²) in [6, 6.07) is 14.2. The van der Waals surface area contributed by atoms with Crippen molar-refractivity contribution in [3.8, 4) is 23.3 Å². The molecule has 2 aromatic carbocycles. The third-order valence-electron chi connectivity index (χ3n) is 5.63. The summed E-state index contributed by atoms with van der Waals surface area (Å²) in [4.78, 5) is 20.6. The van der Waals surface area contributed by atoms with Crippen molar-refractivity contribution in [3.63, 3.8) is 0 Å². The smallest absolute Gasteiger partial charge is 0.255 e. The van der Waals surface area contributed by atoms with Gasteiger partial charge in [0.15, 0.2) is 0 Å². The molecular weight excluding hydrogens is 454 g/mol. The molecule has 2 aromatic heterocycles. The van der Waals surface area contributed by atoms with Crippen LogP contribution in [0, 0.1) is 11.8 Å². The number of nitrogens with one attached hydrogen (secondary N) is 2. The van der Waals surface area contributed by atoms with Crippen LogP contribution in [0.2, 0.25) is 0 Å². The van der Waals surface area contributed by atoms with Crippen LogP contribution >= 0.6 is 0 Å². The Kier molecular flexibility index (Phi) is 7.89. The second-order valence-electron chi connectivity index (χ2n) is 8.62. The second kappa shape index (κ2) is 11.4. The molecule has 3 N–H and O–H groups in total. The van der Waals surface area contributed by atoms with Crippen molar-refractivity contribution in [2.24, 2.45) is 0 Å². The number of aliphatic hydroxyl groups excluding tert-OH is 1. The number of aromatic nitrogens is 2.